The highest BCUT2D eigenvalue weighted by Crippen LogP contribution is 2.32. The second-order valence-electron chi connectivity index (χ2n) is 7.21. The molecule has 0 unspecified atom stereocenters. The van der Waals surface area contributed by atoms with Gasteiger partial charge in [0.05, 0.1) is 6.61 Å². The summed E-state index contributed by atoms with van der Waals surface area (Å²) >= 11 is 3.57. The van der Waals surface area contributed by atoms with Crippen LogP contribution in [0, 0.1) is 24.1 Å². The summed E-state index contributed by atoms with van der Waals surface area (Å²) < 4.78 is 20.2. The number of ether oxygens (including phenoxy) is 1. The monoisotopic (exact) mass is 492 g/mol. The van der Waals surface area contributed by atoms with E-state index >= 15 is 0 Å². The zero-order valence-corrected chi connectivity index (χ0v) is 19.4. The molecule has 0 saturated heterocycles. The fraction of sp³-hybridized carbons (Fsp3) is 0.154. The highest BCUT2D eigenvalue weighted by Gasteiger charge is 2.14. The van der Waals surface area contributed by atoms with E-state index in [4.69, 9.17) is 4.74 Å². The maximum absolute atomic E-state index is 13.6. The molecule has 0 heterocycles. The molecule has 0 aliphatic rings. The Bertz CT molecular complexity index is 1210. The number of hydrogen-bond acceptors (Lipinski definition) is 3. The van der Waals surface area contributed by atoms with E-state index in [1.165, 1.54) is 18.2 Å². The van der Waals surface area contributed by atoms with Crippen LogP contribution < -0.4 is 10.1 Å². The number of hydrogen-bond donors (Lipinski definition) is 1. The molecular formula is C26H22BrFN2O2. The smallest absolute Gasteiger partial charge is 0.266 e. The van der Waals surface area contributed by atoms with Crippen molar-refractivity contribution in [2.24, 2.45) is 0 Å². The second kappa shape index (κ2) is 10.7. The van der Waals surface area contributed by atoms with E-state index < -0.39 is 5.91 Å². The Labute approximate surface area is 195 Å². The number of aryl methyl sites for hydroxylation is 1. The number of carbonyl (C=O) groups excluding carboxylic acids is 1. The van der Waals surface area contributed by atoms with Crippen molar-refractivity contribution in [2.45, 2.75) is 20.3 Å². The Morgan fingerprint density at radius 2 is 1.97 bits per heavy atom. The van der Waals surface area contributed by atoms with E-state index in [1.54, 1.807) is 18.2 Å². The Morgan fingerprint density at radius 3 is 2.66 bits per heavy atom. The molecule has 0 fully saturated rings. The molecule has 0 bridgehead atoms. The Morgan fingerprint density at radius 1 is 1.19 bits per heavy atom. The molecule has 1 amide bonds. The lowest BCUT2D eigenvalue weighted by Gasteiger charge is -2.14. The van der Waals surface area contributed by atoms with Crippen LogP contribution in [0.2, 0.25) is 0 Å². The normalized spacial score (nSPS) is 11.0. The number of anilines is 1. The van der Waals surface area contributed by atoms with Crippen molar-refractivity contribution in [2.75, 3.05) is 11.9 Å². The minimum Gasteiger partial charge on any atom is -0.494 e. The molecule has 0 spiro atoms. The Balaban J connectivity index is 1.91. The average molecular weight is 493 g/mol. The average Bonchev–Trinajstić information content (AvgIpc) is 2.74. The predicted molar refractivity (Wildman–Crippen MR) is 128 cm³/mol. The molecule has 4 nitrogen and oxygen atoms in total. The minimum absolute atomic E-state index is 0.0289. The summed E-state index contributed by atoms with van der Waals surface area (Å²) in [6.07, 6.45) is 1.99. The van der Waals surface area contributed by atoms with Crippen molar-refractivity contribution in [3.63, 3.8) is 0 Å². The van der Waals surface area contributed by atoms with Gasteiger partial charge in [-0.3, -0.25) is 4.79 Å². The minimum atomic E-state index is -0.490. The first kappa shape index (κ1) is 23.2. The number of nitrogens with zero attached hydrogens (tertiary/aromatic N) is 1. The standard InChI is InChI=1S/C26H22BrFN2O2/c1-3-32-25-15-19(14-24(27)23(25)13-18-7-5-8-21(28)12-18)11-20(16-29)26(31)30-22-9-4-6-17(2)10-22/h4-12,14-15H,3,13H2,1-2H3,(H,30,31)/b20-11+. The van der Waals surface area contributed by atoms with Crippen LogP contribution in [0.25, 0.3) is 6.08 Å². The van der Waals surface area contributed by atoms with E-state index in [9.17, 15) is 14.4 Å². The molecule has 1 N–H and O–H groups in total. The molecule has 0 saturated carbocycles. The SMILES string of the molecule is CCOc1cc(/C=C(\C#N)C(=O)Nc2cccc(C)c2)cc(Br)c1Cc1cccc(F)c1. The number of amides is 1. The van der Waals surface area contributed by atoms with Crippen LogP contribution in [-0.2, 0) is 11.2 Å². The van der Waals surface area contributed by atoms with Gasteiger partial charge in [0.15, 0.2) is 0 Å². The van der Waals surface area contributed by atoms with E-state index in [0.717, 1.165) is 21.2 Å². The van der Waals surface area contributed by atoms with Gasteiger partial charge in [-0.2, -0.15) is 5.26 Å². The van der Waals surface area contributed by atoms with Gasteiger partial charge in [0.25, 0.3) is 5.91 Å². The summed E-state index contributed by atoms with van der Waals surface area (Å²) in [5, 5.41) is 12.3. The molecule has 0 aliphatic carbocycles. The van der Waals surface area contributed by atoms with Crippen molar-refractivity contribution >= 4 is 33.6 Å². The van der Waals surface area contributed by atoms with Gasteiger partial charge in [-0.25, -0.2) is 4.39 Å². The number of benzene rings is 3. The third kappa shape index (κ3) is 6.05. The van der Waals surface area contributed by atoms with E-state index in [1.807, 2.05) is 50.2 Å². The molecule has 162 valence electrons. The summed E-state index contributed by atoms with van der Waals surface area (Å²) in [7, 11) is 0. The number of nitrogens with one attached hydrogen (secondary N) is 1. The van der Waals surface area contributed by atoms with Crippen molar-refractivity contribution in [3.05, 3.63) is 98.8 Å². The van der Waals surface area contributed by atoms with Crippen LogP contribution in [0.15, 0.2) is 70.7 Å². The second-order valence-corrected chi connectivity index (χ2v) is 8.07. The zero-order chi connectivity index (χ0) is 23.1. The van der Waals surface area contributed by atoms with Gasteiger partial charge >= 0.3 is 0 Å². The van der Waals surface area contributed by atoms with E-state index in [2.05, 4.69) is 21.2 Å². The number of rotatable bonds is 7. The first-order chi connectivity index (χ1) is 15.4. The van der Waals surface area contributed by atoms with Gasteiger partial charge in [0, 0.05) is 22.1 Å². The predicted octanol–water partition coefficient (Wildman–Crippen LogP) is 6.43. The lowest BCUT2D eigenvalue weighted by atomic mass is 10.0. The third-order valence-electron chi connectivity index (χ3n) is 4.70. The van der Waals surface area contributed by atoms with Gasteiger partial charge < -0.3 is 10.1 Å². The summed E-state index contributed by atoms with van der Waals surface area (Å²) in [4.78, 5) is 12.6. The fourth-order valence-electron chi connectivity index (χ4n) is 3.26. The van der Waals surface area contributed by atoms with Crippen LogP contribution in [0.5, 0.6) is 5.75 Å². The zero-order valence-electron chi connectivity index (χ0n) is 17.8. The van der Waals surface area contributed by atoms with Crippen molar-refractivity contribution in [1.82, 2.24) is 0 Å². The number of carbonyl (C=O) groups is 1. The van der Waals surface area contributed by atoms with Crippen LogP contribution in [0.4, 0.5) is 10.1 Å². The van der Waals surface area contributed by atoms with E-state index in [-0.39, 0.29) is 11.4 Å². The maximum atomic E-state index is 13.6. The number of halogens is 2. The summed E-state index contributed by atoms with van der Waals surface area (Å²) in [6, 6.07) is 19.3. The highest BCUT2D eigenvalue weighted by molar-refractivity contribution is 9.10. The Hall–Kier alpha value is -3.43. The van der Waals surface area contributed by atoms with Gasteiger partial charge in [-0.05, 0) is 73.0 Å². The van der Waals surface area contributed by atoms with E-state index in [0.29, 0.717) is 30.0 Å². The molecule has 3 aromatic rings. The van der Waals surface area contributed by atoms with Crippen molar-refractivity contribution < 1.29 is 13.9 Å². The van der Waals surface area contributed by atoms with Crippen LogP contribution in [-0.4, -0.2) is 12.5 Å². The largest absolute Gasteiger partial charge is 0.494 e. The van der Waals surface area contributed by atoms with Gasteiger partial charge in [0.1, 0.15) is 23.2 Å². The summed E-state index contributed by atoms with van der Waals surface area (Å²) in [5.41, 5.74) is 3.91. The highest BCUT2D eigenvalue weighted by atomic mass is 79.9. The maximum Gasteiger partial charge on any atom is 0.266 e. The van der Waals surface area contributed by atoms with Crippen LogP contribution in [0.1, 0.15) is 29.2 Å². The molecule has 0 radical (unpaired) electrons. The lowest BCUT2D eigenvalue weighted by molar-refractivity contribution is -0.112. The Kier molecular flexibility index (Phi) is 7.80. The third-order valence-corrected chi connectivity index (χ3v) is 5.41. The molecular weight excluding hydrogens is 471 g/mol. The first-order valence-electron chi connectivity index (χ1n) is 10.1. The van der Waals surface area contributed by atoms with Gasteiger partial charge in [-0.1, -0.05) is 40.2 Å². The van der Waals surface area contributed by atoms with Gasteiger partial charge in [-0.15, -0.1) is 0 Å². The molecule has 0 aliphatic heterocycles. The fourth-order valence-corrected chi connectivity index (χ4v) is 3.86. The van der Waals surface area contributed by atoms with Crippen molar-refractivity contribution in [1.29, 1.82) is 5.26 Å². The quantitative estimate of drug-likeness (QED) is 0.305. The molecule has 32 heavy (non-hydrogen) atoms. The molecule has 3 rings (SSSR count). The first-order valence-corrected chi connectivity index (χ1v) is 10.9. The molecule has 0 aromatic heterocycles. The molecule has 3 aromatic carbocycles. The lowest BCUT2D eigenvalue weighted by Crippen LogP contribution is -2.13. The van der Waals surface area contributed by atoms with Crippen LogP contribution >= 0.6 is 15.9 Å². The van der Waals surface area contributed by atoms with Crippen molar-refractivity contribution in [3.8, 4) is 11.8 Å². The summed E-state index contributed by atoms with van der Waals surface area (Å²) in [5.74, 6) is -0.181. The molecule has 0 atom stereocenters. The van der Waals surface area contributed by atoms with Gasteiger partial charge in [0.2, 0.25) is 0 Å². The summed E-state index contributed by atoms with van der Waals surface area (Å²) in [6.45, 7) is 4.24. The van der Waals surface area contributed by atoms with Crippen LogP contribution in [0.3, 0.4) is 0 Å². The topological polar surface area (TPSA) is 62.1 Å². The number of nitriles is 1. The molecule has 6 heteroatoms.